The zero-order chi connectivity index (χ0) is 21.3. The van der Waals surface area contributed by atoms with Crippen LogP contribution in [0.1, 0.15) is 32.1 Å². The Labute approximate surface area is 175 Å². The lowest BCUT2D eigenvalue weighted by atomic mass is 9.96. The predicted molar refractivity (Wildman–Crippen MR) is 106 cm³/mol. The van der Waals surface area contributed by atoms with Crippen molar-refractivity contribution in [2.24, 2.45) is 5.92 Å². The van der Waals surface area contributed by atoms with E-state index >= 15 is 0 Å². The molecular weight excluding hydrogens is 412 g/mol. The van der Waals surface area contributed by atoms with E-state index in [-0.39, 0.29) is 29.8 Å². The molecule has 0 radical (unpaired) electrons. The molecule has 3 aliphatic rings. The van der Waals surface area contributed by atoms with E-state index in [1.807, 2.05) is 0 Å². The van der Waals surface area contributed by atoms with Gasteiger partial charge in [-0.1, -0.05) is 0 Å². The molecule has 9 nitrogen and oxygen atoms in total. The third-order valence-electron chi connectivity index (χ3n) is 5.98. The third-order valence-corrected chi connectivity index (χ3v) is 7.88. The van der Waals surface area contributed by atoms with Crippen molar-refractivity contribution in [3.63, 3.8) is 0 Å². The molecule has 4 rings (SSSR count). The van der Waals surface area contributed by atoms with Gasteiger partial charge in [0.2, 0.25) is 15.9 Å². The van der Waals surface area contributed by atoms with Crippen LogP contribution in [0.4, 0.5) is 0 Å². The quantitative estimate of drug-likeness (QED) is 0.754. The van der Waals surface area contributed by atoms with Crippen LogP contribution in [0, 0.1) is 5.92 Å². The van der Waals surface area contributed by atoms with Crippen LogP contribution in [0.15, 0.2) is 23.1 Å². The first-order valence-electron chi connectivity index (χ1n) is 10.3. The van der Waals surface area contributed by atoms with Gasteiger partial charge in [0.15, 0.2) is 11.5 Å². The summed E-state index contributed by atoms with van der Waals surface area (Å²) in [5.41, 5.74) is 0. The van der Waals surface area contributed by atoms with Gasteiger partial charge in [-0.25, -0.2) is 13.2 Å². The van der Waals surface area contributed by atoms with Gasteiger partial charge in [-0.05, 0) is 37.8 Å². The average Bonchev–Trinajstić information content (AvgIpc) is 3.12. The van der Waals surface area contributed by atoms with Gasteiger partial charge < -0.3 is 19.5 Å². The van der Waals surface area contributed by atoms with E-state index in [2.05, 4.69) is 0 Å². The fourth-order valence-electron chi connectivity index (χ4n) is 4.32. The maximum absolute atomic E-state index is 13.1. The molecule has 2 fully saturated rings. The summed E-state index contributed by atoms with van der Waals surface area (Å²) >= 11 is 0. The lowest BCUT2D eigenvalue weighted by Crippen LogP contribution is -2.47. The number of benzene rings is 1. The van der Waals surface area contributed by atoms with E-state index in [0.717, 1.165) is 6.42 Å². The van der Waals surface area contributed by atoms with Gasteiger partial charge in [-0.15, -0.1) is 0 Å². The molecule has 1 N–H and O–H groups in total. The second kappa shape index (κ2) is 8.43. The number of nitrogens with zero attached hydrogens (tertiary/aromatic N) is 2. The Kier molecular flexibility index (Phi) is 5.88. The van der Waals surface area contributed by atoms with Crippen molar-refractivity contribution in [2.75, 3.05) is 32.8 Å². The summed E-state index contributed by atoms with van der Waals surface area (Å²) in [5, 5.41) is 9.31. The Morgan fingerprint density at radius 1 is 0.967 bits per heavy atom. The van der Waals surface area contributed by atoms with Gasteiger partial charge in [0.05, 0.1) is 18.1 Å². The van der Waals surface area contributed by atoms with Gasteiger partial charge in [0.25, 0.3) is 0 Å². The number of hydrogen-bond acceptors (Lipinski definition) is 6. The number of likely N-dealkylation sites (tertiary alicyclic amines) is 1. The SMILES string of the molecule is O=C(O)[C@@H]1CCCN1C(=O)C1CCN(S(=O)(=O)c2ccc3c(c2)OCCCO3)CC1. The van der Waals surface area contributed by atoms with Gasteiger partial charge in [0, 0.05) is 38.0 Å². The summed E-state index contributed by atoms with van der Waals surface area (Å²) in [4.78, 5) is 25.7. The summed E-state index contributed by atoms with van der Waals surface area (Å²) < 4.78 is 38.7. The molecule has 3 heterocycles. The smallest absolute Gasteiger partial charge is 0.326 e. The summed E-state index contributed by atoms with van der Waals surface area (Å²) in [6, 6.07) is 3.86. The Morgan fingerprint density at radius 3 is 2.37 bits per heavy atom. The van der Waals surface area contributed by atoms with Crippen molar-refractivity contribution in [2.45, 2.75) is 43.0 Å². The maximum Gasteiger partial charge on any atom is 0.326 e. The number of hydrogen-bond donors (Lipinski definition) is 1. The van der Waals surface area contributed by atoms with E-state index in [9.17, 15) is 23.1 Å². The number of rotatable bonds is 4. The van der Waals surface area contributed by atoms with Crippen molar-refractivity contribution < 1.29 is 32.6 Å². The number of carbonyl (C=O) groups is 2. The topological polar surface area (TPSA) is 113 Å². The number of sulfonamides is 1. The number of ether oxygens (including phenoxy) is 2. The molecule has 2 saturated heterocycles. The van der Waals surface area contributed by atoms with Crippen LogP contribution < -0.4 is 9.47 Å². The molecule has 30 heavy (non-hydrogen) atoms. The first-order chi connectivity index (χ1) is 14.4. The number of amides is 1. The number of carboxylic acid groups (broad SMARTS) is 1. The molecular formula is C20H26N2O7S. The zero-order valence-corrected chi connectivity index (χ0v) is 17.5. The molecule has 1 aromatic carbocycles. The molecule has 0 spiro atoms. The molecule has 1 amide bonds. The summed E-state index contributed by atoms with van der Waals surface area (Å²) in [6.07, 6.45) is 2.65. The summed E-state index contributed by atoms with van der Waals surface area (Å²) in [6.45, 7) is 1.89. The minimum atomic E-state index is -3.72. The minimum absolute atomic E-state index is 0.141. The molecule has 0 bridgehead atoms. The number of fused-ring (bicyclic) bond motifs is 1. The van der Waals surface area contributed by atoms with Gasteiger partial charge >= 0.3 is 5.97 Å². The van der Waals surface area contributed by atoms with Crippen LogP contribution in [0.2, 0.25) is 0 Å². The second-order valence-electron chi connectivity index (χ2n) is 7.87. The largest absolute Gasteiger partial charge is 0.490 e. The average molecular weight is 439 g/mol. The number of carbonyl (C=O) groups excluding carboxylic acids is 1. The first kappa shape index (κ1) is 20.9. The van der Waals surface area contributed by atoms with E-state index < -0.39 is 22.0 Å². The van der Waals surface area contributed by atoms with Crippen LogP contribution in [0.3, 0.4) is 0 Å². The van der Waals surface area contributed by atoms with Crippen molar-refractivity contribution in [1.82, 2.24) is 9.21 Å². The van der Waals surface area contributed by atoms with Crippen molar-refractivity contribution in [3.8, 4) is 11.5 Å². The molecule has 164 valence electrons. The normalized spacial score (nSPS) is 23.2. The van der Waals surface area contributed by atoms with Crippen LogP contribution in [0.25, 0.3) is 0 Å². The lowest BCUT2D eigenvalue weighted by molar-refractivity contribution is -0.150. The van der Waals surface area contributed by atoms with E-state index in [1.54, 1.807) is 6.07 Å². The number of piperidine rings is 1. The Morgan fingerprint density at radius 2 is 1.67 bits per heavy atom. The van der Waals surface area contributed by atoms with Crippen molar-refractivity contribution in [3.05, 3.63) is 18.2 Å². The monoisotopic (exact) mass is 438 g/mol. The Hall–Kier alpha value is -2.33. The highest BCUT2D eigenvalue weighted by Gasteiger charge is 2.39. The van der Waals surface area contributed by atoms with Gasteiger partial charge in [0.1, 0.15) is 6.04 Å². The van der Waals surface area contributed by atoms with Gasteiger partial charge in [-0.3, -0.25) is 4.79 Å². The number of carboxylic acids is 1. The molecule has 0 unspecified atom stereocenters. The predicted octanol–water partition coefficient (Wildman–Crippen LogP) is 1.32. The zero-order valence-electron chi connectivity index (χ0n) is 16.7. The molecule has 10 heteroatoms. The fraction of sp³-hybridized carbons (Fsp3) is 0.600. The molecule has 0 aliphatic carbocycles. The standard InChI is InChI=1S/C20H26N2O7S/c23-19(22-8-1-3-16(22)20(24)25)14-6-9-21(10-7-14)30(26,27)15-4-5-17-18(13-15)29-12-2-11-28-17/h4-5,13-14,16H,1-3,6-12H2,(H,24,25)/t16-/m0/s1. The second-order valence-corrected chi connectivity index (χ2v) is 9.80. The summed E-state index contributed by atoms with van der Waals surface area (Å²) in [5.74, 6) is -0.537. The molecule has 1 atom stereocenters. The molecule has 0 saturated carbocycles. The van der Waals surface area contributed by atoms with E-state index in [4.69, 9.17) is 9.47 Å². The lowest BCUT2D eigenvalue weighted by Gasteiger charge is -2.33. The summed E-state index contributed by atoms with van der Waals surface area (Å²) in [7, 11) is -3.72. The maximum atomic E-state index is 13.1. The third kappa shape index (κ3) is 3.98. The minimum Gasteiger partial charge on any atom is -0.490 e. The Balaban J connectivity index is 1.43. The van der Waals surface area contributed by atoms with Crippen LogP contribution in [-0.2, 0) is 19.6 Å². The Bertz CT molecular complexity index is 925. The van der Waals surface area contributed by atoms with Crippen molar-refractivity contribution >= 4 is 21.9 Å². The van der Waals surface area contributed by atoms with Crippen LogP contribution in [0.5, 0.6) is 11.5 Å². The molecule has 0 aromatic heterocycles. The molecule has 1 aromatic rings. The first-order valence-corrected chi connectivity index (χ1v) is 11.7. The van der Waals surface area contributed by atoms with E-state index in [0.29, 0.717) is 56.9 Å². The molecule has 3 aliphatic heterocycles. The van der Waals surface area contributed by atoms with Crippen molar-refractivity contribution in [1.29, 1.82) is 0 Å². The number of aliphatic carboxylic acids is 1. The van der Waals surface area contributed by atoms with Crippen LogP contribution in [-0.4, -0.2) is 73.5 Å². The van der Waals surface area contributed by atoms with Gasteiger partial charge in [-0.2, -0.15) is 4.31 Å². The highest BCUT2D eigenvalue weighted by molar-refractivity contribution is 7.89. The highest BCUT2D eigenvalue weighted by Crippen LogP contribution is 2.34. The van der Waals surface area contributed by atoms with E-state index in [1.165, 1.54) is 21.3 Å². The fourth-order valence-corrected chi connectivity index (χ4v) is 5.80. The van der Waals surface area contributed by atoms with Crippen LogP contribution >= 0.6 is 0 Å². The highest BCUT2D eigenvalue weighted by atomic mass is 32.2.